The van der Waals surface area contributed by atoms with E-state index < -0.39 is 71.6 Å². The predicted octanol–water partition coefficient (Wildman–Crippen LogP) is 8.24. The first-order chi connectivity index (χ1) is 16.0. The van der Waals surface area contributed by atoms with Crippen LogP contribution in [0.15, 0.2) is 24.3 Å². The number of alkyl halides is 17. The number of benzene rings is 1. The van der Waals surface area contributed by atoms with Crippen LogP contribution in [0.2, 0.25) is 0 Å². The molecule has 0 aliphatic rings. The molecule has 0 heterocycles. The number of hydrogen-bond donors (Lipinski definition) is 1. The fourth-order valence-electron chi connectivity index (χ4n) is 2.81. The van der Waals surface area contributed by atoms with Crippen LogP contribution in [0.25, 0.3) is 0 Å². The quantitative estimate of drug-likeness (QED) is 0.276. The van der Waals surface area contributed by atoms with Gasteiger partial charge in [-0.25, -0.2) is 0 Å². The lowest BCUT2D eigenvalue weighted by Gasteiger charge is -2.43. The summed E-state index contributed by atoms with van der Waals surface area (Å²) >= 11 is 0. The van der Waals surface area contributed by atoms with E-state index in [-0.39, 0.29) is 5.56 Å². The molecular weight excluding hydrogens is 567 g/mol. The van der Waals surface area contributed by atoms with Crippen LogP contribution in [0, 0.1) is 0 Å². The first-order valence-electron chi connectivity index (χ1n) is 9.54. The van der Waals surface area contributed by atoms with E-state index in [4.69, 9.17) is 0 Å². The van der Waals surface area contributed by atoms with Crippen molar-refractivity contribution in [1.82, 2.24) is 0 Å². The Morgan fingerprint density at radius 1 is 0.568 bits per heavy atom. The molecule has 37 heavy (non-hydrogen) atoms. The molecule has 0 saturated carbocycles. The monoisotopic (exact) mass is 582 g/mol. The van der Waals surface area contributed by atoms with Gasteiger partial charge in [-0.3, -0.25) is 0 Å². The van der Waals surface area contributed by atoms with Crippen molar-refractivity contribution in [2.45, 2.75) is 79.9 Å². The van der Waals surface area contributed by atoms with Crippen molar-refractivity contribution in [3.63, 3.8) is 0 Å². The lowest BCUT2D eigenvalue weighted by molar-refractivity contribution is -0.462. The van der Waals surface area contributed by atoms with Crippen molar-refractivity contribution in [2.24, 2.45) is 0 Å². The molecule has 0 aromatic heterocycles. The Balaban J connectivity index is 3.53. The van der Waals surface area contributed by atoms with Crippen LogP contribution >= 0.6 is 0 Å². The van der Waals surface area contributed by atoms with Gasteiger partial charge in [0.1, 0.15) is 0 Å². The van der Waals surface area contributed by atoms with Crippen LogP contribution in [0.4, 0.5) is 74.6 Å². The van der Waals surface area contributed by atoms with Gasteiger partial charge in [0.2, 0.25) is 0 Å². The second kappa shape index (κ2) is 9.32. The zero-order valence-corrected chi connectivity index (χ0v) is 18.0. The summed E-state index contributed by atoms with van der Waals surface area (Å²) in [4.78, 5) is 0. The smallest absolute Gasteiger partial charge is 0.388 e. The van der Waals surface area contributed by atoms with Gasteiger partial charge in [-0.15, -0.1) is 0 Å². The van der Waals surface area contributed by atoms with Gasteiger partial charge in [0.05, 0.1) is 6.10 Å². The summed E-state index contributed by atoms with van der Waals surface area (Å²) < 4.78 is 226. The van der Waals surface area contributed by atoms with Crippen LogP contribution in [-0.4, -0.2) is 52.7 Å². The van der Waals surface area contributed by atoms with E-state index in [2.05, 4.69) is 0 Å². The van der Waals surface area contributed by atoms with Crippen molar-refractivity contribution < 1.29 is 79.7 Å². The SMILES string of the molecule is CC(C)c1cccc(C(O)CC(F)(F)C(F)(F)C(F)(F)C(F)(F)C(F)(F)C(F)(F)C(F)(F)C(F)(F)F)c1. The molecule has 0 aliphatic carbocycles. The van der Waals surface area contributed by atoms with E-state index in [9.17, 15) is 79.7 Å². The summed E-state index contributed by atoms with van der Waals surface area (Å²) in [7, 11) is 0. The number of aliphatic hydroxyl groups is 1. The van der Waals surface area contributed by atoms with Crippen LogP contribution < -0.4 is 0 Å². The Morgan fingerprint density at radius 3 is 1.30 bits per heavy atom. The largest absolute Gasteiger partial charge is 0.460 e. The third kappa shape index (κ3) is 4.93. The summed E-state index contributed by atoms with van der Waals surface area (Å²) in [5, 5.41) is 9.74. The molecule has 1 aromatic rings. The lowest BCUT2D eigenvalue weighted by Crippen LogP contribution is -2.74. The molecule has 18 heteroatoms. The molecule has 1 aromatic carbocycles. The number of aliphatic hydroxyl groups excluding tert-OH is 1. The highest BCUT2D eigenvalue weighted by molar-refractivity contribution is 5.27. The molecule has 0 radical (unpaired) electrons. The predicted molar refractivity (Wildman–Crippen MR) is 90.8 cm³/mol. The van der Waals surface area contributed by atoms with Crippen LogP contribution in [-0.2, 0) is 0 Å². The second-order valence-corrected chi connectivity index (χ2v) is 8.19. The summed E-state index contributed by atoms with van der Waals surface area (Å²) in [6.45, 7) is 3.02. The normalized spacial score (nSPS) is 16.4. The van der Waals surface area contributed by atoms with E-state index in [1.807, 2.05) is 0 Å². The molecule has 1 unspecified atom stereocenters. The van der Waals surface area contributed by atoms with Gasteiger partial charge in [-0.2, -0.15) is 74.6 Å². The maximum atomic E-state index is 14.0. The summed E-state index contributed by atoms with van der Waals surface area (Å²) in [6.07, 6.45) is -13.6. The van der Waals surface area contributed by atoms with Crippen molar-refractivity contribution in [2.75, 3.05) is 0 Å². The Hall–Kier alpha value is -2.01. The zero-order chi connectivity index (χ0) is 29.8. The molecule has 0 bridgehead atoms. The standard InChI is InChI=1S/C19H15F17O/c1-8(2)9-4-3-5-10(6-9)11(37)7-12(20,21)13(22,23)14(24,25)15(26,27)16(28,29)17(30,31)18(32,33)19(34,35)36/h3-6,8,11,37H,7H2,1-2H3. The number of hydrogen-bond acceptors (Lipinski definition) is 1. The minimum absolute atomic E-state index is 0.246. The number of rotatable bonds is 10. The third-order valence-corrected chi connectivity index (χ3v) is 5.20. The Morgan fingerprint density at radius 2 is 0.919 bits per heavy atom. The van der Waals surface area contributed by atoms with E-state index >= 15 is 0 Å². The molecule has 216 valence electrons. The molecule has 0 spiro atoms. The van der Waals surface area contributed by atoms with Crippen molar-refractivity contribution >= 4 is 0 Å². The highest BCUT2D eigenvalue weighted by Crippen LogP contribution is 2.64. The molecule has 0 fully saturated rings. The van der Waals surface area contributed by atoms with Crippen molar-refractivity contribution in [3.8, 4) is 0 Å². The van der Waals surface area contributed by atoms with Gasteiger partial charge in [0, 0.05) is 6.42 Å². The second-order valence-electron chi connectivity index (χ2n) is 8.19. The average Bonchev–Trinajstić information content (AvgIpc) is 2.71. The van der Waals surface area contributed by atoms with E-state index in [0.29, 0.717) is 0 Å². The molecule has 1 nitrogen and oxygen atoms in total. The van der Waals surface area contributed by atoms with Gasteiger partial charge in [-0.05, 0) is 17.0 Å². The summed E-state index contributed by atoms with van der Waals surface area (Å²) in [5.41, 5.74) is -0.450. The van der Waals surface area contributed by atoms with Gasteiger partial charge in [-0.1, -0.05) is 38.1 Å². The Bertz CT molecular complexity index is 948. The van der Waals surface area contributed by atoms with Crippen molar-refractivity contribution in [1.29, 1.82) is 0 Å². The first-order valence-corrected chi connectivity index (χ1v) is 9.54. The molecule has 0 saturated heterocycles. The van der Waals surface area contributed by atoms with Gasteiger partial charge in [0.15, 0.2) is 0 Å². The Kier molecular flexibility index (Phi) is 8.32. The fourth-order valence-corrected chi connectivity index (χ4v) is 2.81. The van der Waals surface area contributed by atoms with Crippen molar-refractivity contribution in [3.05, 3.63) is 35.4 Å². The van der Waals surface area contributed by atoms with Gasteiger partial charge >= 0.3 is 47.6 Å². The minimum atomic E-state index is -8.67. The molecule has 0 aliphatic heterocycles. The first kappa shape index (κ1) is 33.0. The molecule has 1 atom stereocenters. The Labute approximate surface area is 196 Å². The highest BCUT2D eigenvalue weighted by atomic mass is 19.4. The molecular formula is C19H15F17O. The fraction of sp³-hybridized carbons (Fsp3) is 0.684. The zero-order valence-electron chi connectivity index (χ0n) is 18.0. The van der Waals surface area contributed by atoms with Crippen LogP contribution in [0.5, 0.6) is 0 Å². The van der Waals surface area contributed by atoms with Crippen LogP contribution in [0.1, 0.15) is 43.4 Å². The molecule has 1 N–H and O–H groups in total. The van der Waals surface area contributed by atoms with Gasteiger partial charge in [0.25, 0.3) is 0 Å². The summed E-state index contributed by atoms with van der Waals surface area (Å²) in [5.74, 6) is -57.3. The average molecular weight is 582 g/mol. The van der Waals surface area contributed by atoms with Gasteiger partial charge < -0.3 is 5.11 Å². The van der Waals surface area contributed by atoms with E-state index in [1.165, 1.54) is 19.9 Å². The lowest BCUT2D eigenvalue weighted by atomic mass is 9.87. The van der Waals surface area contributed by atoms with E-state index in [1.54, 1.807) is 0 Å². The highest BCUT2D eigenvalue weighted by Gasteiger charge is 2.95. The topological polar surface area (TPSA) is 20.2 Å². The van der Waals surface area contributed by atoms with E-state index in [0.717, 1.165) is 18.2 Å². The molecule has 1 rings (SSSR count). The minimum Gasteiger partial charge on any atom is -0.388 e. The number of halogens is 17. The summed E-state index contributed by atoms with van der Waals surface area (Å²) in [6, 6.07) is 4.02. The molecule has 0 amide bonds. The maximum absolute atomic E-state index is 14.0. The van der Waals surface area contributed by atoms with Crippen LogP contribution in [0.3, 0.4) is 0 Å². The maximum Gasteiger partial charge on any atom is 0.460 e. The third-order valence-electron chi connectivity index (χ3n) is 5.20.